The van der Waals surface area contributed by atoms with Crippen LogP contribution < -0.4 is 5.32 Å². The summed E-state index contributed by atoms with van der Waals surface area (Å²) in [5.74, 6) is 0. The highest BCUT2D eigenvalue weighted by Crippen LogP contribution is 2.38. The second-order valence-electron chi connectivity index (χ2n) is 4.13. The van der Waals surface area contributed by atoms with Crippen LogP contribution in [0.2, 0.25) is 0 Å². The molecular weight excluding hydrogens is 254 g/mol. The maximum Gasteiger partial charge on any atom is 0.0695 e. The molecule has 1 aromatic carbocycles. The first-order chi connectivity index (χ1) is 7.21. The zero-order valence-electron chi connectivity index (χ0n) is 9.14. The van der Waals surface area contributed by atoms with E-state index in [0.29, 0.717) is 0 Å². The zero-order chi connectivity index (χ0) is 10.9. The molecule has 82 valence electrons. The van der Waals surface area contributed by atoms with Crippen LogP contribution in [-0.2, 0) is 11.2 Å². The summed E-state index contributed by atoms with van der Waals surface area (Å²) < 4.78 is 6.51. The standard InChI is InChI=1S/C12H16BrNO/c1-3-12(8-15-2)7-9-10(13)5-4-6-11(9)14-12/h4-6,14H,3,7-8H2,1-2H3. The lowest BCUT2D eigenvalue weighted by Gasteiger charge is -2.27. The summed E-state index contributed by atoms with van der Waals surface area (Å²) in [6.07, 6.45) is 2.11. The molecule has 1 heterocycles. The summed E-state index contributed by atoms with van der Waals surface area (Å²) in [4.78, 5) is 0. The van der Waals surface area contributed by atoms with Crippen molar-refractivity contribution in [2.24, 2.45) is 0 Å². The largest absolute Gasteiger partial charge is 0.382 e. The van der Waals surface area contributed by atoms with E-state index >= 15 is 0 Å². The average molecular weight is 270 g/mol. The Morgan fingerprint density at radius 2 is 2.33 bits per heavy atom. The highest BCUT2D eigenvalue weighted by atomic mass is 79.9. The number of methoxy groups -OCH3 is 1. The molecule has 0 fully saturated rings. The van der Waals surface area contributed by atoms with Crippen molar-refractivity contribution in [3.05, 3.63) is 28.2 Å². The second kappa shape index (κ2) is 4.14. The van der Waals surface area contributed by atoms with Crippen molar-refractivity contribution < 1.29 is 4.74 Å². The minimum absolute atomic E-state index is 0.0843. The number of benzene rings is 1. The first-order valence-electron chi connectivity index (χ1n) is 5.25. The van der Waals surface area contributed by atoms with Gasteiger partial charge in [0.1, 0.15) is 0 Å². The Bertz CT molecular complexity index is 367. The van der Waals surface area contributed by atoms with Crippen LogP contribution in [0.15, 0.2) is 22.7 Å². The van der Waals surface area contributed by atoms with E-state index in [1.54, 1.807) is 7.11 Å². The van der Waals surface area contributed by atoms with Gasteiger partial charge in [0, 0.05) is 23.7 Å². The monoisotopic (exact) mass is 269 g/mol. The molecule has 1 unspecified atom stereocenters. The van der Waals surface area contributed by atoms with Crippen molar-refractivity contribution in [3.63, 3.8) is 0 Å². The molecule has 0 saturated heterocycles. The quantitative estimate of drug-likeness (QED) is 0.910. The fraction of sp³-hybridized carbons (Fsp3) is 0.500. The molecule has 1 atom stereocenters. The van der Waals surface area contributed by atoms with Crippen molar-refractivity contribution in [2.45, 2.75) is 25.3 Å². The van der Waals surface area contributed by atoms with Gasteiger partial charge in [-0.25, -0.2) is 0 Å². The van der Waals surface area contributed by atoms with Crippen LogP contribution in [0.25, 0.3) is 0 Å². The lowest BCUT2D eigenvalue weighted by molar-refractivity contribution is 0.143. The number of hydrogen-bond acceptors (Lipinski definition) is 2. The van der Waals surface area contributed by atoms with E-state index in [2.05, 4.69) is 46.4 Å². The van der Waals surface area contributed by atoms with Crippen LogP contribution >= 0.6 is 15.9 Å². The number of halogens is 1. The molecule has 0 aromatic heterocycles. The molecule has 3 heteroatoms. The molecule has 1 aliphatic rings. The molecule has 1 N–H and O–H groups in total. The van der Waals surface area contributed by atoms with E-state index in [1.165, 1.54) is 15.7 Å². The minimum atomic E-state index is 0.0843. The Balaban J connectivity index is 2.31. The van der Waals surface area contributed by atoms with E-state index in [0.717, 1.165) is 19.4 Å². The predicted molar refractivity (Wildman–Crippen MR) is 66.4 cm³/mol. The van der Waals surface area contributed by atoms with Crippen molar-refractivity contribution in [2.75, 3.05) is 19.0 Å². The first-order valence-corrected chi connectivity index (χ1v) is 6.04. The Morgan fingerprint density at radius 1 is 1.53 bits per heavy atom. The summed E-state index contributed by atoms with van der Waals surface area (Å²) >= 11 is 3.60. The molecule has 0 amide bonds. The van der Waals surface area contributed by atoms with Crippen molar-refractivity contribution in [1.82, 2.24) is 0 Å². The van der Waals surface area contributed by atoms with Crippen LogP contribution in [0.3, 0.4) is 0 Å². The summed E-state index contributed by atoms with van der Waals surface area (Å²) in [7, 11) is 1.76. The van der Waals surface area contributed by atoms with Gasteiger partial charge in [-0.05, 0) is 24.1 Å². The molecule has 0 saturated carbocycles. The van der Waals surface area contributed by atoms with Gasteiger partial charge < -0.3 is 10.1 Å². The number of fused-ring (bicyclic) bond motifs is 1. The summed E-state index contributed by atoms with van der Waals surface area (Å²) in [6.45, 7) is 2.95. The molecule has 15 heavy (non-hydrogen) atoms. The first kappa shape index (κ1) is 11.0. The van der Waals surface area contributed by atoms with Gasteiger partial charge in [0.25, 0.3) is 0 Å². The SMILES string of the molecule is CCC1(COC)Cc2c(Br)cccc2N1. The second-order valence-corrected chi connectivity index (χ2v) is 4.99. The minimum Gasteiger partial charge on any atom is -0.382 e. The van der Waals surface area contributed by atoms with Gasteiger partial charge in [-0.1, -0.05) is 28.9 Å². The van der Waals surface area contributed by atoms with Crippen molar-refractivity contribution in [3.8, 4) is 0 Å². The lowest BCUT2D eigenvalue weighted by atomic mass is 9.93. The van der Waals surface area contributed by atoms with Crippen molar-refractivity contribution in [1.29, 1.82) is 0 Å². The Labute approximate surface area is 99.1 Å². The van der Waals surface area contributed by atoms with Gasteiger partial charge in [0.15, 0.2) is 0 Å². The van der Waals surface area contributed by atoms with E-state index in [4.69, 9.17) is 4.74 Å². The molecule has 2 nitrogen and oxygen atoms in total. The third kappa shape index (κ3) is 1.91. The zero-order valence-corrected chi connectivity index (χ0v) is 10.7. The van der Waals surface area contributed by atoms with Crippen LogP contribution in [0, 0.1) is 0 Å². The van der Waals surface area contributed by atoms with Crippen LogP contribution in [0.1, 0.15) is 18.9 Å². The molecule has 0 bridgehead atoms. The maximum absolute atomic E-state index is 5.31. The van der Waals surface area contributed by atoms with E-state index in [-0.39, 0.29) is 5.54 Å². The molecule has 0 aliphatic carbocycles. The summed E-state index contributed by atoms with van der Waals surface area (Å²) in [5.41, 5.74) is 2.70. The normalized spacial score (nSPS) is 23.7. The molecule has 1 aromatic rings. The van der Waals surface area contributed by atoms with Gasteiger partial charge in [-0.3, -0.25) is 0 Å². The highest BCUT2D eigenvalue weighted by Gasteiger charge is 2.35. The predicted octanol–water partition coefficient (Wildman–Crippen LogP) is 3.21. The van der Waals surface area contributed by atoms with Gasteiger partial charge in [-0.15, -0.1) is 0 Å². The molecule has 0 radical (unpaired) electrons. The van der Waals surface area contributed by atoms with Crippen LogP contribution in [0.4, 0.5) is 5.69 Å². The van der Waals surface area contributed by atoms with Gasteiger partial charge >= 0.3 is 0 Å². The van der Waals surface area contributed by atoms with Gasteiger partial charge in [0.2, 0.25) is 0 Å². The number of hydrogen-bond donors (Lipinski definition) is 1. The number of nitrogens with one attached hydrogen (secondary N) is 1. The summed E-state index contributed by atoms with van der Waals surface area (Å²) in [6, 6.07) is 6.29. The molecular formula is C12H16BrNO. The van der Waals surface area contributed by atoms with Gasteiger partial charge in [-0.2, -0.15) is 0 Å². The third-order valence-corrected chi connectivity index (χ3v) is 3.87. The number of ether oxygens (including phenoxy) is 1. The highest BCUT2D eigenvalue weighted by molar-refractivity contribution is 9.10. The third-order valence-electron chi connectivity index (χ3n) is 3.13. The van der Waals surface area contributed by atoms with Crippen LogP contribution in [-0.4, -0.2) is 19.3 Å². The summed E-state index contributed by atoms with van der Waals surface area (Å²) in [5, 5.41) is 3.58. The Kier molecular flexibility index (Phi) is 3.03. The fourth-order valence-corrected chi connectivity index (χ4v) is 2.71. The topological polar surface area (TPSA) is 21.3 Å². The lowest BCUT2D eigenvalue weighted by Crippen LogP contribution is -2.40. The molecule has 0 spiro atoms. The Morgan fingerprint density at radius 3 is 2.93 bits per heavy atom. The molecule has 2 rings (SSSR count). The number of rotatable bonds is 3. The molecule has 1 aliphatic heterocycles. The van der Waals surface area contributed by atoms with E-state index in [9.17, 15) is 0 Å². The van der Waals surface area contributed by atoms with Crippen molar-refractivity contribution >= 4 is 21.6 Å². The van der Waals surface area contributed by atoms with Crippen LogP contribution in [0.5, 0.6) is 0 Å². The fourth-order valence-electron chi connectivity index (χ4n) is 2.20. The van der Waals surface area contributed by atoms with Gasteiger partial charge in [0.05, 0.1) is 12.1 Å². The number of anilines is 1. The smallest absolute Gasteiger partial charge is 0.0695 e. The maximum atomic E-state index is 5.31. The average Bonchev–Trinajstić information content (AvgIpc) is 2.59. The Hall–Kier alpha value is -0.540. The van der Waals surface area contributed by atoms with E-state index < -0.39 is 0 Å². The van der Waals surface area contributed by atoms with E-state index in [1.807, 2.05) is 0 Å².